The Morgan fingerprint density at radius 2 is 0.838 bits per heavy atom. The first-order valence-corrected chi connectivity index (χ1v) is 17.1. The first kappa shape index (κ1) is 35.8. The molecule has 2 N–H and O–H groups in total. The van der Waals surface area contributed by atoms with Crippen LogP contribution >= 0.6 is 0 Å². The lowest BCUT2D eigenvalue weighted by molar-refractivity contribution is -0.132. The summed E-state index contributed by atoms with van der Waals surface area (Å²) in [6.07, 6.45) is 12.6. The Kier molecular flexibility index (Phi) is 20.0. The van der Waals surface area contributed by atoms with Crippen molar-refractivity contribution in [2.45, 2.75) is 110 Å². The zero-order valence-electron chi connectivity index (χ0n) is 22.9. The number of rotatable bonds is 24. The summed E-state index contributed by atoms with van der Waals surface area (Å²) in [5, 5.41) is 0. The lowest BCUT2D eigenvalue weighted by Gasteiger charge is -2.24. The molecule has 12 heteroatoms. The summed E-state index contributed by atoms with van der Waals surface area (Å²) in [5.74, 6) is -1.61. The number of nitrogens with zero attached hydrogens (tertiary/aromatic N) is 2. The van der Waals surface area contributed by atoms with Crippen molar-refractivity contribution < 1.29 is 35.5 Å². The van der Waals surface area contributed by atoms with Gasteiger partial charge in [0.2, 0.25) is 11.8 Å². The van der Waals surface area contributed by atoms with Crippen LogP contribution in [0.3, 0.4) is 0 Å². The van der Waals surface area contributed by atoms with Gasteiger partial charge in [0.1, 0.15) is 0 Å². The van der Waals surface area contributed by atoms with E-state index in [9.17, 15) is 26.4 Å². The molecular weight excluding hydrogens is 520 g/mol. The van der Waals surface area contributed by atoms with Gasteiger partial charge in [0.25, 0.3) is 20.2 Å². The van der Waals surface area contributed by atoms with E-state index in [0.29, 0.717) is 13.1 Å². The van der Waals surface area contributed by atoms with Gasteiger partial charge < -0.3 is 9.80 Å². The lowest BCUT2D eigenvalue weighted by Crippen LogP contribution is -2.37. The second-order valence-corrected chi connectivity index (χ2v) is 12.9. The molecule has 0 atom stereocenters. The highest BCUT2D eigenvalue weighted by atomic mass is 32.2. The SMILES string of the molecule is CCCCCCCCN(CCS(=O)(=O)O)C(=O)CCCC(=O)N(CCCCCCCC)CCS(=O)(=O)O. The standard InChI is InChI=1S/C25H50N2O8S2/c1-3-5-7-9-11-13-18-26(20-22-36(30,31)32)24(28)16-15-17-25(29)27(21-23-37(33,34)35)19-14-12-10-8-6-4-2/h3-23H2,1-2H3,(H,30,31,32)(H,33,34,35). The fourth-order valence-electron chi connectivity index (χ4n) is 4.05. The molecule has 0 aromatic rings. The molecular formula is C25H50N2O8S2. The van der Waals surface area contributed by atoms with Crippen molar-refractivity contribution in [3.8, 4) is 0 Å². The summed E-state index contributed by atoms with van der Waals surface area (Å²) >= 11 is 0. The lowest BCUT2D eigenvalue weighted by atomic mass is 10.1. The van der Waals surface area contributed by atoms with Gasteiger partial charge in [-0.2, -0.15) is 16.8 Å². The first-order chi connectivity index (χ1) is 17.4. The van der Waals surface area contributed by atoms with Gasteiger partial charge in [-0.3, -0.25) is 18.7 Å². The van der Waals surface area contributed by atoms with E-state index in [-0.39, 0.29) is 44.2 Å². The van der Waals surface area contributed by atoms with Crippen molar-refractivity contribution in [2.24, 2.45) is 0 Å². The molecule has 0 heterocycles. The van der Waals surface area contributed by atoms with Crippen molar-refractivity contribution in [1.82, 2.24) is 9.80 Å². The van der Waals surface area contributed by atoms with Crippen LogP contribution in [0.25, 0.3) is 0 Å². The summed E-state index contributed by atoms with van der Waals surface area (Å²) in [7, 11) is -8.40. The van der Waals surface area contributed by atoms with Crippen LogP contribution in [-0.2, 0) is 29.8 Å². The molecule has 0 spiro atoms. The van der Waals surface area contributed by atoms with E-state index < -0.39 is 31.7 Å². The normalized spacial score (nSPS) is 12.0. The van der Waals surface area contributed by atoms with Crippen LogP contribution in [0.4, 0.5) is 0 Å². The Morgan fingerprint density at radius 3 is 1.16 bits per heavy atom. The first-order valence-electron chi connectivity index (χ1n) is 13.9. The second kappa shape index (κ2) is 20.7. The van der Waals surface area contributed by atoms with E-state index in [2.05, 4.69) is 13.8 Å². The maximum absolute atomic E-state index is 12.7. The summed E-state index contributed by atoms with van der Waals surface area (Å²) < 4.78 is 62.9. The molecule has 37 heavy (non-hydrogen) atoms. The number of hydrogen-bond acceptors (Lipinski definition) is 6. The van der Waals surface area contributed by atoms with E-state index >= 15 is 0 Å². The predicted octanol–water partition coefficient (Wildman–Crippen LogP) is 4.31. The summed E-state index contributed by atoms with van der Waals surface area (Å²) in [4.78, 5) is 28.4. The van der Waals surface area contributed by atoms with Gasteiger partial charge in [0.05, 0.1) is 11.5 Å². The van der Waals surface area contributed by atoms with Crippen LogP contribution in [-0.4, -0.2) is 85.2 Å². The quantitative estimate of drug-likeness (QED) is 0.129. The van der Waals surface area contributed by atoms with Gasteiger partial charge in [-0.25, -0.2) is 0 Å². The highest BCUT2D eigenvalue weighted by Gasteiger charge is 2.19. The van der Waals surface area contributed by atoms with Crippen molar-refractivity contribution in [3.05, 3.63) is 0 Å². The molecule has 10 nitrogen and oxygen atoms in total. The summed E-state index contributed by atoms with van der Waals surface area (Å²) in [5.41, 5.74) is 0. The molecule has 0 aliphatic heterocycles. The summed E-state index contributed by atoms with van der Waals surface area (Å²) in [6.45, 7) is 4.85. The van der Waals surface area contributed by atoms with Crippen LogP contribution in [0.1, 0.15) is 110 Å². The molecule has 0 aromatic carbocycles. The maximum atomic E-state index is 12.7. The molecule has 0 aliphatic carbocycles. The Bertz CT molecular complexity index is 764. The van der Waals surface area contributed by atoms with Crippen LogP contribution in [0.5, 0.6) is 0 Å². The van der Waals surface area contributed by atoms with Gasteiger partial charge in [-0.1, -0.05) is 78.1 Å². The minimum absolute atomic E-state index is 0.0518. The van der Waals surface area contributed by atoms with E-state index in [0.717, 1.165) is 77.0 Å². The molecule has 220 valence electrons. The monoisotopic (exact) mass is 570 g/mol. The molecule has 0 saturated heterocycles. The largest absolute Gasteiger partial charge is 0.342 e. The molecule has 0 aliphatic rings. The van der Waals surface area contributed by atoms with E-state index in [1.54, 1.807) is 0 Å². The fourth-order valence-corrected chi connectivity index (χ4v) is 4.95. The highest BCUT2D eigenvalue weighted by Crippen LogP contribution is 2.11. The van der Waals surface area contributed by atoms with Crippen LogP contribution in [0.2, 0.25) is 0 Å². The van der Waals surface area contributed by atoms with Crippen molar-refractivity contribution in [2.75, 3.05) is 37.7 Å². The second-order valence-electron chi connectivity index (χ2n) is 9.72. The molecule has 2 amide bonds. The predicted molar refractivity (Wildman–Crippen MR) is 147 cm³/mol. The van der Waals surface area contributed by atoms with Crippen molar-refractivity contribution in [1.29, 1.82) is 0 Å². The van der Waals surface area contributed by atoms with Gasteiger partial charge in [-0.15, -0.1) is 0 Å². The number of carbonyl (C=O) groups excluding carboxylic acids is 2. The van der Waals surface area contributed by atoms with Crippen LogP contribution in [0.15, 0.2) is 0 Å². The third-order valence-electron chi connectivity index (χ3n) is 6.29. The molecule has 0 saturated carbocycles. The maximum Gasteiger partial charge on any atom is 0.266 e. The Balaban J connectivity index is 4.78. The van der Waals surface area contributed by atoms with E-state index in [1.165, 1.54) is 9.80 Å². The highest BCUT2D eigenvalue weighted by molar-refractivity contribution is 7.86. The number of amides is 2. The third kappa shape index (κ3) is 22.5. The number of carbonyl (C=O) groups is 2. The van der Waals surface area contributed by atoms with Crippen molar-refractivity contribution >= 4 is 32.1 Å². The topological polar surface area (TPSA) is 149 Å². The Morgan fingerprint density at radius 1 is 0.514 bits per heavy atom. The molecule has 0 aromatic heterocycles. The minimum atomic E-state index is -4.20. The minimum Gasteiger partial charge on any atom is -0.342 e. The average molecular weight is 571 g/mol. The molecule has 0 fully saturated rings. The van der Waals surface area contributed by atoms with Crippen molar-refractivity contribution in [3.63, 3.8) is 0 Å². The zero-order valence-corrected chi connectivity index (χ0v) is 24.5. The van der Waals surface area contributed by atoms with Crippen LogP contribution in [0, 0.1) is 0 Å². The molecule has 0 bridgehead atoms. The van der Waals surface area contributed by atoms with E-state index in [1.807, 2.05) is 0 Å². The van der Waals surface area contributed by atoms with Crippen LogP contribution < -0.4 is 0 Å². The van der Waals surface area contributed by atoms with Gasteiger partial charge in [0.15, 0.2) is 0 Å². The molecule has 0 radical (unpaired) electrons. The zero-order chi connectivity index (χ0) is 28.2. The molecule has 0 rings (SSSR count). The fraction of sp³-hybridized carbons (Fsp3) is 0.920. The summed E-state index contributed by atoms with van der Waals surface area (Å²) in [6, 6.07) is 0. The number of hydrogen-bond donors (Lipinski definition) is 2. The smallest absolute Gasteiger partial charge is 0.266 e. The third-order valence-corrected chi connectivity index (χ3v) is 7.69. The van der Waals surface area contributed by atoms with Gasteiger partial charge >= 0.3 is 0 Å². The van der Waals surface area contributed by atoms with Gasteiger partial charge in [-0.05, 0) is 19.3 Å². The Hall–Kier alpha value is -1.24. The van der Waals surface area contributed by atoms with Gasteiger partial charge in [0, 0.05) is 39.0 Å². The average Bonchev–Trinajstić information content (AvgIpc) is 2.80. The number of unbranched alkanes of at least 4 members (excludes halogenated alkanes) is 10. The van der Waals surface area contributed by atoms with E-state index in [4.69, 9.17) is 9.11 Å². The Labute approximate surface area is 225 Å². The molecule has 0 unspecified atom stereocenters.